The standard InChI is InChI=1S/C8H14O4S/c1-3-5-6-7-13(10,11)12-8(9)4-2/h4H,2-3,5-7H2,1H3. The molecule has 0 aromatic rings. The van der Waals surface area contributed by atoms with Gasteiger partial charge in [-0.1, -0.05) is 26.3 Å². The predicted octanol–water partition coefficient (Wildman–Crippen LogP) is 1.24. The summed E-state index contributed by atoms with van der Waals surface area (Å²) in [5.41, 5.74) is 0. The Morgan fingerprint density at radius 2 is 2.08 bits per heavy atom. The van der Waals surface area contributed by atoms with Crippen molar-refractivity contribution in [1.82, 2.24) is 0 Å². The van der Waals surface area contributed by atoms with E-state index in [0.29, 0.717) is 6.42 Å². The molecule has 0 radical (unpaired) electrons. The summed E-state index contributed by atoms with van der Waals surface area (Å²) >= 11 is 0. The normalized spacial score (nSPS) is 10.8. The Labute approximate surface area is 78.7 Å². The number of carbonyl (C=O) groups excluding carboxylic acids is 1. The van der Waals surface area contributed by atoms with Crippen LogP contribution in [0.15, 0.2) is 12.7 Å². The minimum atomic E-state index is -3.69. The van der Waals surface area contributed by atoms with Crippen LogP contribution in [0.5, 0.6) is 0 Å². The second-order valence-corrected chi connectivity index (χ2v) is 4.27. The van der Waals surface area contributed by atoms with Gasteiger partial charge in [0.1, 0.15) is 0 Å². The number of hydrogen-bond acceptors (Lipinski definition) is 4. The highest BCUT2D eigenvalue weighted by atomic mass is 32.2. The van der Waals surface area contributed by atoms with E-state index in [1.807, 2.05) is 6.92 Å². The highest BCUT2D eigenvalue weighted by Gasteiger charge is 2.13. The number of rotatable bonds is 6. The fourth-order valence-corrected chi connectivity index (χ4v) is 1.69. The van der Waals surface area contributed by atoms with Crippen LogP contribution in [0.25, 0.3) is 0 Å². The van der Waals surface area contributed by atoms with Gasteiger partial charge in [-0.3, -0.25) is 0 Å². The minimum Gasteiger partial charge on any atom is -0.342 e. The molecule has 0 amide bonds. The Hall–Kier alpha value is -0.840. The zero-order valence-electron chi connectivity index (χ0n) is 7.65. The summed E-state index contributed by atoms with van der Waals surface area (Å²) in [6.45, 7) is 5.06. The zero-order valence-corrected chi connectivity index (χ0v) is 8.47. The monoisotopic (exact) mass is 206 g/mol. The van der Waals surface area contributed by atoms with Crippen LogP contribution in [0.2, 0.25) is 0 Å². The first-order valence-corrected chi connectivity index (χ1v) is 5.68. The van der Waals surface area contributed by atoms with Crippen molar-refractivity contribution in [3.63, 3.8) is 0 Å². The maximum atomic E-state index is 11.0. The lowest BCUT2D eigenvalue weighted by Gasteiger charge is -2.01. The molecule has 0 aliphatic heterocycles. The molecular formula is C8H14O4S. The van der Waals surface area contributed by atoms with Gasteiger partial charge >= 0.3 is 16.1 Å². The second kappa shape index (κ2) is 5.75. The van der Waals surface area contributed by atoms with Crippen LogP contribution in [-0.2, 0) is 19.1 Å². The van der Waals surface area contributed by atoms with Gasteiger partial charge in [0.05, 0.1) is 5.75 Å². The van der Waals surface area contributed by atoms with E-state index < -0.39 is 16.1 Å². The van der Waals surface area contributed by atoms with Crippen molar-refractivity contribution in [2.75, 3.05) is 5.75 Å². The van der Waals surface area contributed by atoms with Gasteiger partial charge in [-0.05, 0) is 6.42 Å². The average molecular weight is 206 g/mol. The summed E-state index contributed by atoms with van der Waals surface area (Å²) in [6.07, 6.45) is 3.08. The van der Waals surface area contributed by atoms with Gasteiger partial charge in [-0.25, -0.2) is 4.79 Å². The fraction of sp³-hybridized carbons (Fsp3) is 0.625. The van der Waals surface area contributed by atoms with Gasteiger partial charge in [0.25, 0.3) is 0 Å². The summed E-state index contributed by atoms with van der Waals surface area (Å²) in [6, 6.07) is 0. The summed E-state index contributed by atoms with van der Waals surface area (Å²) in [5, 5.41) is 0. The van der Waals surface area contributed by atoms with Gasteiger partial charge in [0.15, 0.2) is 0 Å². The molecule has 0 atom stereocenters. The predicted molar refractivity (Wildman–Crippen MR) is 49.6 cm³/mol. The Kier molecular flexibility index (Phi) is 5.37. The average Bonchev–Trinajstić information content (AvgIpc) is 2.03. The Morgan fingerprint density at radius 3 is 2.54 bits per heavy atom. The van der Waals surface area contributed by atoms with E-state index in [9.17, 15) is 13.2 Å². The highest BCUT2D eigenvalue weighted by molar-refractivity contribution is 7.87. The Bertz CT molecular complexity index is 266. The van der Waals surface area contributed by atoms with E-state index in [4.69, 9.17) is 0 Å². The summed E-state index contributed by atoms with van der Waals surface area (Å²) in [4.78, 5) is 10.5. The van der Waals surface area contributed by atoms with Crippen molar-refractivity contribution in [2.24, 2.45) is 0 Å². The molecule has 13 heavy (non-hydrogen) atoms. The van der Waals surface area contributed by atoms with Gasteiger partial charge in [0, 0.05) is 6.08 Å². The Morgan fingerprint density at radius 1 is 1.46 bits per heavy atom. The summed E-state index contributed by atoms with van der Waals surface area (Å²) in [5.74, 6) is -1.03. The lowest BCUT2D eigenvalue weighted by atomic mass is 10.3. The first-order chi connectivity index (χ1) is 6.02. The lowest BCUT2D eigenvalue weighted by molar-refractivity contribution is -0.128. The highest BCUT2D eigenvalue weighted by Crippen LogP contribution is 2.01. The number of hydrogen-bond donors (Lipinski definition) is 0. The minimum absolute atomic E-state index is 0.111. The molecule has 0 spiro atoms. The molecule has 76 valence electrons. The molecule has 0 bridgehead atoms. The third-order valence-corrected chi connectivity index (χ3v) is 2.58. The summed E-state index contributed by atoms with van der Waals surface area (Å²) in [7, 11) is -3.69. The summed E-state index contributed by atoms with van der Waals surface area (Å²) < 4.78 is 26.1. The van der Waals surface area contributed by atoms with Crippen LogP contribution in [0.4, 0.5) is 0 Å². The van der Waals surface area contributed by atoms with E-state index in [1.54, 1.807) is 0 Å². The molecule has 0 heterocycles. The Balaban J connectivity index is 3.95. The maximum Gasteiger partial charge on any atom is 0.345 e. The lowest BCUT2D eigenvalue weighted by Crippen LogP contribution is -2.14. The molecule has 0 saturated carbocycles. The van der Waals surface area contributed by atoms with Gasteiger partial charge in [-0.2, -0.15) is 8.42 Å². The number of unbranched alkanes of at least 4 members (excludes halogenated alkanes) is 2. The SMILES string of the molecule is C=CC(=O)OS(=O)(=O)CCCCC. The van der Waals surface area contributed by atoms with Crippen LogP contribution < -0.4 is 0 Å². The molecule has 0 unspecified atom stereocenters. The van der Waals surface area contributed by atoms with Crippen LogP contribution in [-0.4, -0.2) is 20.1 Å². The van der Waals surface area contributed by atoms with Gasteiger partial charge in [0.2, 0.25) is 0 Å². The third-order valence-electron chi connectivity index (χ3n) is 1.37. The van der Waals surface area contributed by atoms with Crippen molar-refractivity contribution < 1.29 is 17.4 Å². The van der Waals surface area contributed by atoms with E-state index >= 15 is 0 Å². The third kappa shape index (κ3) is 6.33. The smallest absolute Gasteiger partial charge is 0.342 e. The largest absolute Gasteiger partial charge is 0.345 e. The van der Waals surface area contributed by atoms with Gasteiger partial charge < -0.3 is 4.18 Å². The quantitative estimate of drug-likeness (QED) is 0.372. The molecule has 0 saturated heterocycles. The van der Waals surface area contributed by atoms with Crippen LogP contribution in [0.1, 0.15) is 26.2 Å². The molecule has 0 aliphatic carbocycles. The van der Waals surface area contributed by atoms with Crippen molar-refractivity contribution in [2.45, 2.75) is 26.2 Å². The topological polar surface area (TPSA) is 60.4 Å². The van der Waals surface area contributed by atoms with Crippen LogP contribution >= 0.6 is 0 Å². The van der Waals surface area contributed by atoms with E-state index in [1.165, 1.54) is 0 Å². The molecular weight excluding hydrogens is 192 g/mol. The van der Waals surface area contributed by atoms with Crippen molar-refractivity contribution >= 4 is 16.1 Å². The van der Waals surface area contributed by atoms with Crippen molar-refractivity contribution in [3.05, 3.63) is 12.7 Å². The molecule has 5 heteroatoms. The van der Waals surface area contributed by atoms with Crippen molar-refractivity contribution in [1.29, 1.82) is 0 Å². The zero-order chi connectivity index (χ0) is 10.3. The fourth-order valence-electron chi connectivity index (χ4n) is 0.730. The molecule has 0 rings (SSSR count). The van der Waals surface area contributed by atoms with E-state index in [2.05, 4.69) is 10.8 Å². The molecule has 0 N–H and O–H groups in total. The van der Waals surface area contributed by atoms with Crippen molar-refractivity contribution in [3.8, 4) is 0 Å². The molecule has 4 nitrogen and oxygen atoms in total. The molecule has 0 aromatic carbocycles. The second-order valence-electron chi connectivity index (χ2n) is 2.58. The maximum absolute atomic E-state index is 11.0. The van der Waals surface area contributed by atoms with Crippen LogP contribution in [0.3, 0.4) is 0 Å². The number of carbonyl (C=O) groups is 1. The van der Waals surface area contributed by atoms with E-state index in [0.717, 1.165) is 18.9 Å². The van der Waals surface area contributed by atoms with E-state index in [-0.39, 0.29) is 5.75 Å². The van der Waals surface area contributed by atoms with Gasteiger partial charge in [-0.15, -0.1) is 0 Å². The molecule has 0 aromatic heterocycles. The first kappa shape index (κ1) is 12.2. The van der Waals surface area contributed by atoms with Crippen LogP contribution in [0, 0.1) is 0 Å². The molecule has 0 fully saturated rings. The molecule has 0 aliphatic rings. The first-order valence-electron chi connectivity index (χ1n) is 4.10.